The third-order valence-electron chi connectivity index (χ3n) is 8.52. The largest absolute Gasteiger partial charge is 0.497 e. The minimum atomic E-state index is -0.860. The van der Waals surface area contributed by atoms with Gasteiger partial charge in [0.2, 0.25) is 17.7 Å². The van der Waals surface area contributed by atoms with E-state index in [1.807, 2.05) is 62.6 Å². The van der Waals surface area contributed by atoms with Crippen LogP contribution in [-0.2, 0) is 31.1 Å². The predicted molar refractivity (Wildman–Crippen MR) is 150 cm³/mol. The second kappa shape index (κ2) is 11.6. The number of H-pyrrole nitrogens is 1. The Bertz CT molecular complexity index is 1210. The molecule has 1 fully saturated rings. The summed E-state index contributed by atoms with van der Waals surface area (Å²) in [4.78, 5) is 48.6. The Morgan fingerprint density at radius 1 is 1.21 bits per heavy atom. The average Bonchev–Trinajstić information content (AvgIpc) is 3.27. The van der Waals surface area contributed by atoms with Crippen LogP contribution in [0, 0.1) is 11.8 Å². The van der Waals surface area contributed by atoms with Crippen molar-refractivity contribution >= 4 is 28.6 Å². The molecule has 3 atom stereocenters. The van der Waals surface area contributed by atoms with E-state index in [1.165, 1.54) is 0 Å². The van der Waals surface area contributed by atoms with Gasteiger partial charge in [0, 0.05) is 67.8 Å². The van der Waals surface area contributed by atoms with Crippen LogP contribution in [0.2, 0.25) is 0 Å². The Balaban J connectivity index is 1.75. The number of benzene rings is 1. The van der Waals surface area contributed by atoms with Crippen LogP contribution in [0.4, 0.5) is 0 Å². The topological polar surface area (TPSA) is 104 Å². The summed E-state index contributed by atoms with van der Waals surface area (Å²) in [7, 11) is 3.28. The highest BCUT2D eigenvalue weighted by Gasteiger charge is 2.57. The highest BCUT2D eigenvalue weighted by Crippen LogP contribution is 2.50. The number of nitrogens with zero attached hydrogens (tertiary/aromatic N) is 2. The average molecular weight is 541 g/mol. The molecule has 214 valence electrons. The fourth-order valence-electron chi connectivity index (χ4n) is 6.71. The van der Waals surface area contributed by atoms with E-state index in [2.05, 4.69) is 10.3 Å². The van der Waals surface area contributed by atoms with E-state index in [0.717, 1.165) is 27.9 Å². The summed E-state index contributed by atoms with van der Waals surface area (Å²) in [6, 6.07) is 5.94. The zero-order valence-corrected chi connectivity index (χ0v) is 24.4. The van der Waals surface area contributed by atoms with Crippen LogP contribution < -0.4 is 10.1 Å². The number of ether oxygens (including phenoxy) is 2. The van der Waals surface area contributed by atoms with E-state index >= 15 is 0 Å². The molecule has 0 saturated carbocycles. The number of nitrogens with one attached hydrogen (secondary N) is 2. The zero-order chi connectivity index (χ0) is 28.5. The summed E-state index contributed by atoms with van der Waals surface area (Å²) < 4.78 is 10.5. The molecule has 1 unspecified atom stereocenters. The fourth-order valence-corrected chi connectivity index (χ4v) is 6.71. The summed E-state index contributed by atoms with van der Waals surface area (Å²) in [5, 5.41) is 3.97. The number of amides is 3. The molecule has 3 heterocycles. The molecule has 0 aliphatic carbocycles. The molecular weight excluding hydrogens is 496 g/mol. The molecule has 3 amide bonds. The number of piperidine rings is 1. The highest BCUT2D eigenvalue weighted by molar-refractivity contribution is 5.93. The van der Waals surface area contributed by atoms with Crippen molar-refractivity contribution in [3.05, 3.63) is 29.5 Å². The number of carbonyl (C=O) groups is 3. The van der Waals surface area contributed by atoms with Crippen molar-refractivity contribution in [3.63, 3.8) is 0 Å². The van der Waals surface area contributed by atoms with Crippen LogP contribution >= 0.6 is 0 Å². The van der Waals surface area contributed by atoms with Crippen molar-refractivity contribution in [2.75, 3.05) is 33.9 Å². The first-order valence-electron chi connectivity index (χ1n) is 14.1. The molecule has 0 bridgehead atoms. The third kappa shape index (κ3) is 5.25. The number of fused-ring (bicyclic) bond motifs is 5. The van der Waals surface area contributed by atoms with Crippen LogP contribution in [0.3, 0.4) is 0 Å². The van der Waals surface area contributed by atoms with Crippen molar-refractivity contribution in [1.29, 1.82) is 0 Å². The van der Waals surface area contributed by atoms with E-state index in [-0.39, 0.29) is 36.2 Å². The van der Waals surface area contributed by atoms with E-state index in [4.69, 9.17) is 9.47 Å². The van der Waals surface area contributed by atoms with Crippen LogP contribution in [0.25, 0.3) is 10.9 Å². The van der Waals surface area contributed by atoms with Crippen LogP contribution in [0.1, 0.15) is 65.1 Å². The van der Waals surface area contributed by atoms with Crippen LogP contribution in [-0.4, -0.2) is 78.5 Å². The lowest BCUT2D eigenvalue weighted by atomic mass is 9.67. The zero-order valence-electron chi connectivity index (χ0n) is 24.4. The standard InChI is InChI=1S/C30H44N4O5/c1-18(2)34(19(3)4)29(37)24-15-20(16-26(35)31-12-8-14-38-6)28(36)33-13-11-22-23-17-21(39-7)9-10-25(23)32-27(22)30(24,33)5/h9-10,17-20,24,32H,8,11-16H2,1-7H3,(H,31,35)/t20?,24-,30+/m1/s1. The summed E-state index contributed by atoms with van der Waals surface area (Å²) in [5.41, 5.74) is 2.15. The lowest BCUT2D eigenvalue weighted by molar-refractivity contribution is -0.166. The maximum atomic E-state index is 14.4. The van der Waals surface area contributed by atoms with Gasteiger partial charge in [-0.1, -0.05) is 0 Å². The van der Waals surface area contributed by atoms with E-state index in [0.29, 0.717) is 39.0 Å². The van der Waals surface area contributed by atoms with Gasteiger partial charge < -0.3 is 29.6 Å². The summed E-state index contributed by atoms with van der Waals surface area (Å²) >= 11 is 0. The molecule has 2 aromatic rings. The molecule has 0 radical (unpaired) electrons. The summed E-state index contributed by atoms with van der Waals surface area (Å²) in [6.45, 7) is 11.7. The summed E-state index contributed by atoms with van der Waals surface area (Å²) in [5.74, 6) is -0.488. The Hall–Kier alpha value is -3.07. The molecular formula is C30H44N4O5. The monoisotopic (exact) mass is 540 g/mol. The first-order valence-corrected chi connectivity index (χ1v) is 14.1. The van der Waals surface area contributed by atoms with Gasteiger partial charge in [0.1, 0.15) is 5.75 Å². The number of methoxy groups -OCH3 is 2. The molecule has 9 heteroatoms. The molecule has 1 aromatic heterocycles. The van der Waals surface area contributed by atoms with Gasteiger partial charge in [-0.2, -0.15) is 0 Å². The molecule has 9 nitrogen and oxygen atoms in total. The predicted octanol–water partition coefficient (Wildman–Crippen LogP) is 3.60. The van der Waals surface area contributed by atoms with Gasteiger partial charge in [-0.25, -0.2) is 0 Å². The molecule has 4 rings (SSSR count). The minimum absolute atomic E-state index is 0.00440. The Morgan fingerprint density at radius 2 is 1.92 bits per heavy atom. The van der Waals surface area contributed by atoms with Gasteiger partial charge in [-0.05, 0) is 77.6 Å². The van der Waals surface area contributed by atoms with Gasteiger partial charge in [-0.15, -0.1) is 0 Å². The molecule has 1 saturated heterocycles. The lowest BCUT2D eigenvalue weighted by Gasteiger charge is -2.54. The van der Waals surface area contributed by atoms with Crippen LogP contribution in [0.15, 0.2) is 18.2 Å². The van der Waals surface area contributed by atoms with Crippen molar-refractivity contribution in [2.45, 2.75) is 77.9 Å². The number of rotatable bonds is 10. The fraction of sp³-hybridized carbons (Fsp3) is 0.633. The first-order chi connectivity index (χ1) is 18.5. The normalized spacial score (nSPS) is 22.7. The van der Waals surface area contributed by atoms with Crippen molar-refractivity contribution in [3.8, 4) is 5.75 Å². The number of hydrogen-bond donors (Lipinski definition) is 2. The minimum Gasteiger partial charge on any atom is -0.497 e. The Morgan fingerprint density at radius 3 is 2.56 bits per heavy atom. The Labute approximate surface area is 231 Å². The summed E-state index contributed by atoms with van der Waals surface area (Å²) in [6.07, 6.45) is 1.77. The van der Waals surface area contributed by atoms with Crippen LogP contribution in [0.5, 0.6) is 5.75 Å². The van der Waals surface area contributed by atoms with Gasteiger partial charge >= 0.3 is 0 Å². The van der Waals surface area contributed by atoms with Crippen molar-refractivity contribution in [2.24, 2.45) is 11.8 Å². The smallest absolute Gasteiger partial charge is 0.228 e. The van der Waals surface area contributed by atoms with E-state index in [1.54, 1.807) is 14.2 Å². The molecule has 2 aliphatic heterocycles. The second-order valence-corrected chi connectivity index (χ2v) is 11.6. The molecule has 1 aromatic carbocycles. The van der Waals surface area contributed by atoms with Gasteiger partial charge in [-0.3, -0.25) is 14.4 Å². The first kappa shape index (κ1) is 28.9. The maximum absolute atomic E-state index is 14.4. The molecule has 39 heavy (non-hydrogen) atoms. The SMILES string of the molecule is COCCCNC(=O)CC1C[C@H](C(=O)N(C(C)C)C(C)C)[C@@]2(C)c3[nH]c4ccc(OC)cc4c3CCN2C1=O. The van der Waals surface area contributed by atoms with E-state index < -0.39 is 17.4 Å². The maximum Gasteiger partial charge on any atom is 0.228 e. The molecule has 2 N–H and O–H groups in total. The molecule has 0 spiro atoms. The molecule has 2 aliphatic rings. The van der Waals surface area contributed by atoms with Gasteiger partial charge in [0.15, 0.2) is 0 Å². The Kier molecular flexibility index (Phi) is 8.59. The van der Waals surface area contributed by atoms with Crippen molar-refractivity contribution in [1.82, 2.24) is 20.1 Å². The number of carbonyl (C=O) groups excluding carboxylic acids is 3. The number of aromatic nitrogens is 1. The van der Waals surface area contributed by atoms with E-state index in [9.17, 15) is 14.4 Å². The third-order valence-corrected chi connectivity index (χ3v) is 8.52. The van der Waals surface area contributed by atoms with Gasteiger partial charge in [0.05, 0.1) is 18.6 Å². The van der Waals surface area contributed by atoms with Gasteiger partial charge in [0.25, 0.3) is 0 Å². The lowest BCUT2D eigenvalue weighted by Crippen LogP contribution is -2.65. The second-order valence-electron chi connectivity index (χ2n) is 11.6. The highest BCUT2D eigenvalue weighted by atomic mass is 16.5. The number of aromatic amines is 1. The quantitative estimate of drug-likeness (QED) is 0.448. The number of hydrogen-bond acceptors (Lipinski definition) is 5. The van der Waals surface area contributed by atoms with Crippen molar-refractivity contribution < 1.29 is 23.9 Å².